The van der Waals surface area contributed by atoms with Crippen LogP contribution in [0, 0.1) is 6.92 Å². The maximum Gasteiger partial charge on any atom is 0.339 e. The Morgan fingerprint density at radius 1 is 1.04 bits per heavy atom. The lowest BCUT2D eigenvalue weighted by molar-refractivity contribution is 0.0601. The van der Waals surface area contributed by atoms with Crippen molar-refractivity contribution in [2.75, 3.05) is 17.7 Å². The Morgan fingerprint density at radius 2 is 1.82 bits per heavy atom. The number of halogens is 1. The maximum atomic E-state index is 12.6. The number of aryl methyl sites for hydroxylation is 1. The summed E-state index contributed by atoms with van der Waals surface area (Å²) in [6.45, 7) is 1.88. The van der Waals surface area contributed by atoms with Crippen LogP contribution in [0.2, 0.25) is 5.02 Å². The van der Waals surface area contributed by atoms with Crippen molar-refractivity contribution in [3.8, 4) is 0 Å². The summed E-state index contributed by atoms with van der Waals surface area (Å²) in [6.07, 6.45) is 3.03. The van der Waals surface area contributed by atoms with Gasteiger partial charge in [-0.1, -0.05) is 29.8 Å². The predicted molar refractivity (Wildman–Crippen MR) is 109 cm³/mol. The first-order valence-corrected chi connectivity index (χ1v) is 8.82. The van der Waals surface area contributed by atoms with Crippen LogP contribution < -0.4 is 10.6 Å². The van der Waals surface area contributed by atoms with Gasteiger partial charge >= 0.3 is 5.97 Å². The fourth-order valence-corrected chi connectivity index (χ4v) is 2.76. The van der Waals surface area contributed by atoms with E-state index in [1.807, 2.05) is 13.0 Å². The van der Waals surface area contributed by atoms with Gasteiger partial charge in [-0.05, 0) is 42.8 Å². The summed E-state index contributed by atoms with van der Waals surface area (Å²) in [6, 6.07) is 13.9. The highest BCUT2D eigenvalue weighted by molar-refractivity contribution is 6.31. The molecule has 0 aliphatic heterocycles. The first-order valence-electron chi connectivity index (χ1n) is 8.45. The molecule has 1 heterocycles. The van der Waals surface area contributed by atoms with Crippen molar-refractivity contribution in [1.82, 2.24) is 4.98 Å². The molecule has 2 N–H and O–H groups in total. The monoisotopic (exact) mass is 395 g/mol. The number of carbonyl (C=O) groups is 2. The van der Waals surface area contributed by atoms with E-state index < -0.39 is 5.97 Å². The Kier molecular flexibility index (Phi) is 5.91. The number of aromatic nitrogens is 1. The summed E-state index contributed by atoms with van der Waals surface area (Å²) in [5.74, 6) is -0.774. The molecule has 0 aliphatic carbocycles. The first-order chi connectivity index (χ1) is 13.5. The molecule has 0 atom stereocenters. The number of rotatable bonds is 5. The zero-order valence-corrected chi connectivity index (χ0v) is 16.1. The highest BCUT2D eigenvalue weighted by Crippen LogP contribution is 2.23. The van der Waals surface area contributed by atoms with Crippen molar-refractivity contribution in [2.24, 2.45) is 0 Å². The second kappa shape index (κ2) is 8.54. The fraction of sp³-hybridized carbons (Fsp3) is 0.0952. The molecular formula is C21H18ClN3O3. The van der Waals surface area contributed by atoms with Crippen LogP contribution in [-0.2, 0) is 4.74 Å². The molecule has 0 saturated carbocycles. The molecule has 2 aromatic carbocycles. The van der Waals surface area contributed by atoms with E-state index in [0.717, 1.165) is 5.56 Å². The number of esters is 1. The Bertz CT molecular complexity index is 1040. The minimum Gasteiger partial charge on any atom is -0.465 e. The summed E-state index contributed by atoms with van der Waals surface area (Å²) in [7, 11) is 1.32. The van der Waals surface area contributed by atoms with E-state index in [0.29, 0.717) is 33.2 Å². The number of hydrogen-bond donors (Lipinski definition) is 2. The van der Waals surface area contributed by atoms with E-state index in [-0.39, 0.29) is 5.91 Å². The molecule has 3 aromatic rings. The van der Waals surface area contributed by atoms with Crippen LogP contribution in [-0.4, -0.2) is 24.0 Å². The van der Waals surface area contributed by atoms with Crippen molar-refractivity contribution >= 4 is 40.5 Å². The van der Waals surface area contributed by atoms with E-state index in [4.69, 9.17) is 16.3 Å². The van der Waals surface area contributed by atoms with Crippen LogP contribution in [0.25, 0.3) is 0 Å². The van der Waals surface area contributed by atoms with Gasteiger partial charge in [-0.2, -0.15) is 0 Å². The summed E-state index contributed by atoms with van der Waals surface area (Å²) in [4.78, 5) is 28.6. The average Bonchev–Trinajstić information content (AvgIpc) is 2.70. The van der Waals surface area contributed by atoms with Gasteiger partial charge in [0, 0.05) is 16.9 Å². The van der Waals surface area contributed by atoms with E-state index >= 15 is 0 Å². The quantitative estimate of drug-likeness (QED) is 0.605. The lowest BCUT2D eigenvalue weighted by Crippen LogP contribution is -2.13. The van der Waals surface area contributed by atoms with Gasteiger partial charge in [0.2, 0.25) is 0 Å². The van der Waals surface area contributed by atoms with Crippen LogP contribution in [0.3, 0.4) is 0 Å². The molecule has 28 heavy (non-hydrogen) atoms. The molecule has 0 spiro atoms. The minimum absolute atomic E-state index is 0.317. The second-order valence-electron chi connectivity index (χ2n) is 6.04. The molecule has 7 heteroatoms. The topological polar surface area (TPSA) is 80.3 Å². The number of benzene rings is 2. The normalized spacial score (nSPS) is 10.2. The van der Waals surface area contributed by atoms with Gasteiger partial charge in [-0.25, -0.2) is 4.79 Å². The fourth-order valence-electron chi connectivity index (χ4n) is 2.59. The maximum absolute atomic E-state index is 12.6. The lowest BCUT2D eigenvalue weighted by Gasteiger charge is -2.12. The van der Waals surface area contributed by atoms with E-state index in [2.05, 4.69) is 15.6 Å². The van der Waals surface area contributed by atoms with E-state index in [9.17, 15) is 9.59 Å². The number of amides is 1. The minimum atomic E-state index is -0.457. The van der Waals surface area contributed by atoms with Crippen molar-refractivity contribution < 1.29 is 14.3 Å². The number of anilines is 3. The number of ether oxygens (including phenoxy) is 1. The van der Waals surface area contributed by atoms with Gasteiger partial charge in [-0.3, -0.25) is 9.78 Å². The van der Waals surface area contributed by atoms with Gasteiger partial charge in [-0.15, -0.1) is 0 Å². The van der Waals surface area contributed by atoms with Gasteiger partial charge in [0.05, 0.1) is 35.8 Å². The third-order valence-electron chi connectivity index (χ3n) is 4.06. The van der Waals surface area contributed by atoms with Crippen molar-refractivity contribution in [3.63, 3.8) is 0 Å². The second-order valence-corrected chi connectivity index (χ2v) is 6.47. The molecule has 142 valence electrons. The van der Waals surface area contributed by atoms with Crippen molar-refractivity contribution in [3.05, 3.63) is 82.6 Å². The summed E-state index contributed by atoms with van der Waals surface area (Å²) in [5, 5.41) is 6.47. The molecule has 1 aromatic heterocycles. The molecule has 1 amide bonds. The zero-order chi connectivity index (χ0) is 20.1. The van der Waals surface area contributed by atoms with Crippen LogP contribution in [0.5, 0.6) is 0 Å². The SMILES string of the molecule is COC(=O)c1ccccc1Nc1cncc(C(=O)Nc2cc(Cl)ccc2C)c1. The van der Waals surface area contributed by atoms with Gasteiger partial charge in [0.1, 0.15) is 0 Å². The van der Waals surface area contributed by atoms with Gasteiger partial charge < -0.3 is 15.4 Å². The number of nitrogens with one attached hydrogen (secondary N) is 2. The van der Waals surface area contributed by atoms with E-state index in [1.165, 1.54) is 13.3 Å². The summed E-state index contributed by atoms with van der Waals surface area (Å²) in [5.41, 5.74) is 3.39. The van der Waals surface area contributed by atoms with Crippen molar-refractivity contribution in [2.45, 2.75) is 6.92 Å². The standard InChI is InChI=1S/C21H18ClN3O3/c1-13-7-8-15(22)10-19(13)25-20(26)14-9-16(12-23-11-14)24-18-6-4-3-5-17(18)21(27)28-2/h3-12,24H,1-2H3,(H,25,26). The highest BCUT2D eigenvalue weighted by Gasteiger charge is 2.13. The number of methoxy groups -OCH3 is 1. The van der Waals surface area contributed by atoms with Gasteiger partial charge in [0.25, 0.3) is 5.91 Å². The lowest BCUT2D eigenvalue weighted by atomic mass is 10.1. The molecule has 0 fully saturated rings. The molecule has 3 rings (SSSR count). The van der Waals surface area contributed by atoms with Crippen molar-refractivity contribution in [1.29, 1.82) is 0 Å². The molecule has 0 unspecified atom stereocenters. The number of hydrogen-bond acceptors (Lipinski definition) is 5. The summed E-state index contributed by atoms with van der Waals surface area (Å²) >= 11 is 6.00. The van der Waals surface area contributed by atoms with Crippen LogP contribution >= 0.6 is 11.6 Å². The number of carbonyl (C=O) groups excluding carboxylic acids is 2. The molecule has 0 aliphatic rings. The smallest absolute Gasteiger partial charge is 0.339 e. The zero-order valence-electron chi connectivity index (χ0n) is 15.3. The van der Waals surface area contributed by atoms with E-state index in [1.54, 1.807) is 48.7 Å². The van der Waals surface area contributed by atoms with Crippen LogP contribution in [0.1, 0.15) is 26.3 Å². The molecule has 0 radical (unpaired) electrons. The first kappa shape index (κ1) is 19.4. The molecule has 6 nitrogen and oxygen atoms in total. The number of pyridine rings is 1. The van der Waals surface area contributed by atoms with Crippen LogP contribution in [0.15, 0.2) is 60.9 Å². The third-order valence-corrected chi connectivity index (χ3v) is 4.29. The number of para-hydroxylation sites is 1. The Labute approximate surface area is 167 Å². The average molecular weight is 396 g/mol. The predicted octanol–water partition coefficient (Wildman–Crippen LogP) is 4.83. The Morgan fingerprint density at radius 3 is 2.61 bits per heavy atom. The van der Waals surface area contributed by atoms with Gasteiger partial charge in [0.15, 0.2) is 0 Å². The number of nitrogens with zero attached hydrogens (tertiary/aromatic N) is 1. The largest absolute Gasteiger partial charge is 0.465 e. The molecular weight excluding hydrogens is 378 g/mol. The Balaban J connectivity index is 1.82. The molecule has 0 bridgehead atoms. The molecule has 0 saturated heterocycles. The summed E-state index contributed by atoms with van der Waals surface area (Å²) < 4.78 is 4.79. The third kappa shape index (κ3) is 4.47. The highest BCUT2D eigenvalue weighted by atomic mass is 35.5. The van der Waals surface area contributed by atoms with Crippen LogP contribution in [0.4, 0.5) is 17.1 Å². The Hall–Kier alpha value is -3.38.